The standard InChI is InChI=1S/C19H20FN3O2/c20-15-7-4-10-17(12-15)21-18(24)14-6-5-11-23(13-14)19(25)22-16-8-2-1-3-9-16/h1-4,7-10,12,14H,5-6,11,13H2,(H,21,24)(H,22,25)/t14-/m1/s1. The van der Waals surface area contributed by atoms with E-state index >= 15 is 0 Å². The molecule has 0 spiro atoms. The Kier molecular flexibility index (Phi) is 5.28. The van der Waals surface area contributed by atoms with E-state index < -0.39 is 5.82 Å². The quantitative estimate of drug-likeness (QED) is 0.894. The number of halogens is 1. The van der Waals surface area contributed by atoms with Crippen LogP contribution < -0.4 is 10.6 Å². The van der Waals surface area contributed by atoms with E-state index in [1.807, 2.05) is 30.3 Å². The summed E-state index contributed by atoms with van der Waals surface area (Å²) in [5.74, 6) is -0.897. The van der Waals surface area contributed by atoms with Gasteiger partial charge < -0.3 is 15.5 Å². The topological polar surface area (TPSA) is 61.4 Å². The molecule has 1 atom stereocenters. The van der Waals surface area contributed by atoms with Crippen LogP contribution in [0.15, 0.2) is 54.6 Å². The second-order valence-corrected chi connectivity index (χ2v) is 6.08. The van der Waals surface area contributed by atoms with Gasteiger partial charge in [0.15, 0.2) is 0 Å². The van der Waals surface area contributed by atoms with E-state index in [2.05, 4.69) is 10.6 Å². The molecule has 2 aromatic rings. The molecule has 0 unspecified atom stereocenters. The number of carbonyl (C=O) groups is 2. The lowest BCUT2D eigenvalue weighted by atomic mass is 9.97. The van der Waals surface area contributed by atoms with Gasteiger partial charge in [-0.15, -0.1) is 0 Å². The van der Waals surface area contributed by atoms with Gasteiger partial charge in [0.1, 0.15) is 5.82 Å². The third-order valence-electron chi connectivity index (χ3n) is 4.20. The molecule has 0 aliphatic carbocycles. The SMILES string of the molecule is O=C(Nc1cccc(F)c1)[C@@H]1CCCN(C(=O)Nc2ccccc2)C1. The molecule has 1 heterocycles. The minimum absolute atomic E-state index is 0.192. The number of para-hydroxylation sites is 1. The molecular formula is C19H20FN3O2. The maximum Gasteiger partial charge on any atom is 0.321 e. The summed E-state index contributed by atoms with van der Waals surface area (Å²) in [6.45, 7) is 0.961. The molecule has 2 aromatic carbocycles. The normalized spacial score (nSPS) is 17.0. The van der Waals surface area contributed by atoms with Crippen LogP contribution in [0.25, 0.3) is 0 Å². The zero-order valence-corrected chi connectivity index (χ0v) is 13.7. The number of piperidine rings is 1. The van der Waals surface area contributed by atoms with E-state index in [0.717, 1.165) is 12.1 Å². The van der Waals surface area contributed by atoms with Crippen molar-refractivity contribution in [1.82, 2.24) is 4.90 Å². The second-order valence-electron chi connectivity index (χ2n) is 6.08. The number of nitrogens with one attached hydrogen (secondary N) is 2. The molecule has 0 aromatic heterocycles. The predicted octanol–water partition coefficient (Wildman–Crippen LogP) is 3.71. The Bertz CT molecular complexity index is 751. The lowest BCUT2D eigenvalue weighted by molar-refractivity contribution is -0.121. The van der Waals surface area contributed by atoms with E-state index in [1.54, 1.807) is 17.0 Å². The van der Waals surface area contributed by atoms with Crippen LogP contribution in [-0.2, 0) is 4.79 Å². The summed E-state index contributed by atoms with van der Waals surface area (Å²) < 4.78 is 13.2. The molecule has 0 radical (unpaired) electrons. The maximum absolute atomic E-state index is 13.2. The summed E-state index contributed by atoms with van der Waals surface area (Å²) in [7, 11) is 0. The molecule has 3 amide bonds. The Morgan fingerprint density at radius 2 is 1.76 bits per heavy atom. The van der Waals surface area contributed by atoms with Gasteiger partial charge in [-0.1, -0.05) is 24.3 Å². The van der Waals surface area contributed by atoms with Crippen molar-refractivity contribution in [2.45, 2.75) is 12.8 Å². The molecule has 1 aliphatic rings. The van der Waals surface area contributed by atoms with E-state index in [-0.39, 0.29) is 17.9 Å². The van der Waals surface area contributed by atoms with Gasteiger partial charge in [0.05, 0.1) is 5.92 Å². The molecule has 1 aliphatic heterocycles. The van der Waals surface area contributed by atoms with E-state index in [0.29, 0.717) is 25.2 Å². The Morgan fingerprint density at radius 1 is 1.00 bits per heavy atom. The summed E-state index contributed by atoms with van der Waals surface area (Å²) in [5, 5.41) is 5.56. The number of amides is 3. The molecule has 1 saturated heterocycles. The first-order valence-electron chi connectivity index (χ1n) is 8.29. The number of anilines is 2. The largest absolute Gasteiger partial charge is 0.326 e. The molecule has 5 nitrogen and oxygen atoms in total. The number of urea groups is 1. The highest BCUT2D eigenvalue weighted by atomic mass is 19.1. The molecular weight excluding hydrogens is 321 g/mol. The smallest absolute Gasteiger partial charge is 0.321 e. The molecule has 25 heavy (non-hydrogen) atoms. The number of likely N-dealkylation sites (tertiary alicyclic amines) is 1. The van der Waals surface area contributed by atoms with Crippen LogP contribution >= 0.6 is 0 Å². The fourth-order valence-electron chi connectivity index (χ4n) is 2.91. The summed E-state index contributed by atoms with van der Waals surface area (Å²) in [5.41, 5.74) is 1.15. The second kappa shape index (κ2) is 7.79. The monoisotopic (exact) mass is 341 g/mol. The number of hydrogen-bond donors (Lipinski definition) is 2. The summed E-state index contributed by atoms with van der Waals surface area (Å²) in [6.07, 6.45) is 1.46. The zero-order chi connectivity index (χ0) is 17.6. The maximum atomic E-state index is 13.2. The van der Waals surface area contributed by atoms with Gasteiger partial charge in [-0.05, 0) is 43.2 Å². The first-order valence-corrected chi connectivity index (χ1v) is 8.29. The Hall–Kier alpha value is -2.89. The third-order valence-corrected chi connectivity index (χ3v) is 4.20. The highest BCUT2D eigenvalue weighted by Gasteiger charge is 2.28. The van der Waals surface area contributed by atoms with Crippen LogP contribution in [0.4, 0.5) is 20.6 Å². The molecule has 2 N–H and O–H groups in total. The van der Waals surface area contributed by atoms with Gasteiger partial charge in [-0.2, -0.15) is 0 Å². The van der Waals surface area contributed by atoms with E-state index in [9.17, 15) is 14.0 Å². The average molecular weight is 341 g/mol. The molecule has 130 valence electrons. The zero-order valence-electron chi connectivity index (χ0n) is 13.7. The lowest BCUT2D eigenvalue weighted by Gasteiger charge is -2.32. The van der Waals surface area contributed by atoms with Crippen molar-refractivity contribution in [3.63, 3.8) is 0 Å². The minimum atomic E-state index is -0.398. The van der Waals surface area contributed by atoms with Gasteiger partial charge in [0.2, 0.25) is 5.91 Å². The number of carbonyl (C=O) groups excluding carboxylic acids is 2. The van der Waals surface area contributed by atoms with Crippen LogP contribution in [0.5, 0.6) is 0 Å². The number of benzene rings is 2. The van der Waals surface area contributed by atoms with E-state index in [1.165, 1.54) is 12.1 Å². The number of rotatable bonds is 3. The summed E-state index contributed by atoms with van der Waals surface area (Å²) in [4.78, 5) is 26.4. The Labute approximate surface area is 145 Å². The van der Waals surface area contributed by atoms with Gasteiger partial charge in [-0.3, -0.25) is 4.79 Å². The van der Waals surface area contributed by atoms with Crippen molar-refractivity contribution in [2.24, 2.45) is 5.92 Å². The van der Waals surface area contributed by atoms with Crippen molar-refractivity contribution in [1.29, 1.82) is 0 Å². The van der Waals surface area contributed by atoms with Gasteiger partial charge in [0, 0.05) is 24.5 Å². The highest BCUT2D eigenvalue weighted by Crippen LogP contribution is 2.20. The lowest BCUT2D eigenvalue weighted by Crippen LogP contribution is -2.45. The van der Waals surface area contributed by atoms with Crippen LogP contribution in [0.1, 0.15) is 12.8 Å². The third kappa shape index (κ3) is 4.56. The van der Waals surface area contributed by atoms with Gasteiger partial charge in [0.25, 0.3) is 0 Å². The van der Waals surface area contributed by atoms with Crippen molar-refractivity contribution in [3.05, 3.63) is 60.4 Å². The number of hydrogen-bond acceptors (Lipinski definition) is 2. The van der Waals surface area contributed by atoms with E-state index in [4.69, 9.17) is 0 Å². The van der Waals surface area contributed by atoms with Crippen LogP contribution in [0.2, 0.25) is 0 Å². The number of nitrogens with zero attached hydrogens (tertiary/aromatic N) is 1. The van der Waals surface area contributed by atoms with Crippen LogP contribution in [-0.4, -0.2) is 29.9 Å². The van der Waals surface area contributed by atoms with Crippen LogP contribution in [0.3, 0.4) is 0 Å². The van der Waals surface area contributed by atoms with Crippen molar-refractivity contribution >= 4 is 23.3 Å². The first kappa shape index (κ1) is 17.0. The predicted molar refractivity (Wildman–Crippen MR) is 94.8 cm³/mol. The molecule has 1 fully saturated rings. The fraction of sp³-hybridized carbons (Fsp3) is 0.263. The minimum Gasteiger partial charge on any atom is -0.326 e. The van der Waals surface area contributed by atoms with Crippen molar-refractivity contribution < 1.29 is 14.0 Å². The fourth-order valence-corrected chi connectivity index (χ4v) is 2.91. The van der Waals surface area contributed by atoms with Crippen molar-refractivity contribution in [3.8, 4) is 0 Å². The highest BCUT2D eigenvalue weighted by molar-refractivity contribution is 5.94. The van der Waals surface area contributed by atoms with Crippen molar-refractivity contribution in [2.75, 3.05) is 23.7 Å². The molecule has 3 rings (SSSR count). The molecule has 6 heteroatoms. The average Bonchev–Trinajstić information content (AvgIpc) is 2.62. The summed E-state index contributed by atoms with van der Waals surface area (Å²) in [6, 6.07) is 14.8. The van der Waals surface area contributed by atoms with Gasteiger partial charge in [-0.25, -0.2) is 9.18 Å². The first-order chi connectivity index (χ1) is 12.1. The van der Waals surface area contributed by atoms with Gasteiger partial charge >= 0.3 is 6.03 Å². The molecule has 0 saturated carbocycles. The van der Waals surface area contributed by atoms with Crippen LogP contribution in [0, 0.1) is 11.7 Å². The Morgan fingerprint density at radius 3 is 2.52 bits per heavy atom. The summed E-state index contributed by atoms with van der Waals surface area (Å²) >= 11 is 0. The molecule has 0 bridgehead atoms. The Balaban J connectivity index is 1.58.